The maximum Gasteiger partial charge on any atom is 0.217 e. The van der Waals surface area contributed by atoms with Gasteiger partial charge in [0.15, 0.2) is 0 Å². The molecule has 2 N–H and O–H groups in total. The molecule has 14 heavy (non-hydrogen) atoms. The van der Waals surface area contributed by atoms with Crippen molar-refractivity contribution in [1.82, 2.24) is 4.98 Å². The van der Waals surface area contributed by atoms with Gasteiger partial charge < -0.3 is 5.73 Å². The van der Waals surface area contributed by atoms with Crippen molar-refractivity contribution in [2.24, 2.45) is 5.73 Å². The molecular weight excluding hydrogens is 216 g/mol. The minimum atomic E-state index is -0.228. The predicted molar refractivity (Wildman–Crippen MR) is 61.0 cm³/mol. The van der Waals surface area contributed by atoms with Crippen LogP contribution in [0, 0.1) is 0 Å². The number of carbonyl (C=O) groups is 1. The van der Waals surface area contributed by atoms with Crippen LogP contribution in [0.25, 0.3) is 0 Å². The normalized spacial score (nSPS) is 10.0. The molecule has 0 fully saturated rings. The number of hydrogen-bond acceptors (Lipinski definition) is 4. The Bertz CT molecular complexity index is 279. The highest BCUT2D eigenvalue weighted by atomic mass is 33.1. The average Bonchev–Trinajstić information content (AvgIpc) is 2.18. The van der Waals surface area contributed by atoms with E-state index in [0.29, 0.717) is 6.42 Å². The molecule has 76 valence electrons. The van der Waals surface area contributed by atoms with Gasteiger partial charge in [-0.3, -0.25) is 4.79 Å². The topological polar surface area (TPSA) is 56.0 Å². The maximum atomic E-state index is 10.4. The molecule has 1 heterocycles. The Labute approximate surface area is 91.3 Å². The summed E-state index contributed by atoms with van der Waals surface area (Å²) in [5.41, 5.74) is 5.02. The van der Waals surface area contributed by atoms with Crippen molar-refractivity contribution in [3.8, 4) is 0 Å². The van der Waals surface area contributed by atoms with Gasteiger partial charge in [0.2, 0.25) is 5.91 Å². The largest absolute Gasteiger partial charge is 0.370 e. The first-order valence-corrected chi connectivity index (χ1v) is 6.60. The number of nitrogens with two attached hydrogens (primary N) is 1. The number of aromatic nitrogens is 1. The van der Waals surface area contributed by atoms with Gasteiger partial charge >= 0.3 is 0 Å². The third-order valence-corrected chi connectivity index (χ3v) is 3.78. The molecule has 1 amide bonds. The highest BCUT2D eigenvalue weighted by molar-refractivity contribution is 8.76. The van der Waals surface area contributed by atoms with Crippen LogP contribution in [0.1, 0.15) is 12.8 Å². The van der Waals surface area contributed by atoms with E-state index in [-0.39, 0.29) is 5.91 Å². The SMILES string of the molecule is NC(=O)CCCSSc1ccccn1. The molecule has 5 heteroatoms. The summed E-state index contributed by atoms with van der Waals surface area (Å²) in [7, 11) is 3.32. The van der Waals surface area contributed by atoms with Crippen LogP contribution in [0.2, 0.25) is 0 Å². The fourth-order valence-electron chi connectivity index (χ4n) is 0.804. The number of carbonyl (C=O) groups excluding carboxylic acids is 1. The van der Waals surface area contributed by atoms with E-state index in [2.05, 4.69) is 4.98 Å². The van der Waals surface area contributed by atoms with Crippen LogP contribution in [-0.2, 0) is 4.79 Å². The molecule has 0 bridgehead atoms. The molecule has 0 aliphatic carbocycles. The van der Waals surface area contributed by atoms with Crippen molar-refractivity contribution in [2.45, 2.75) is 17.9 Å². The van der Waals surface area contributed by atoms with Gasteiger partial charge in [0.05, 0.1) is 0 Å². The Morgan fingerprint density at radius 3 is 3.00 bits per heavy atom. The summed E-state index contributed by atoms with van der Waals surface area (Å²) < 4.78 is 0. The Hall–Kier alpha value is -0.680. The zero-order valence-corrected chi connectivity index (χ0v) is 9.31. The van der Waals surface area contributed by atoms with E-state index in [0.717, 1.165) is 17.2 Å². The quantitative estimate of drug-likeness (QED) is 0.598. The highest BCUT2D eigenvalue weighted by Gasteiger charge is 1.97. The summed E-state index contributed by atoms with van der Waals surface area (Å²) in [6, 6.07) is 5.81. The maximum absolute atomic E-state index is 10.4. The summed E-state index contributed by atoms with van der Waals surface area (Å²) in [4.78, 5) is 14.6. The van der Waals surface area contributed by atoms with Crippen LogP contribution in [0.5, 0.6) is 0 Å². The van der Waals surface area contributed by atoms with Crippen LogP contribution in [0.3, 0.4) is 0 Å². The predicted octanol–water partition coefficient (Wildman–Crippen LogP) is 2.09. The van der Waals surface area contributed by atoms with Crippen molar-refractivity contribution in [3.05, 3.63) is 24.4 Å². The smallest absolute Gasteiger partial charge is 0.217 e. The second kappa shape index (κ2) is 6.73. The molecule has 0 saturated carbocycles. The van der Waals surface area contributed by atoms with E-state index in [1.807, 2.05) is 18.2 Å². The van der Waals surface area contributed by atoms with Crippen molar-refractivity contribution < 1.29 is 4.79 Å². The van der Waals surface area contributed by atoms with E-state index in [1.54, 1.807) is 27.8 Å². The zero-order valence-electron chi connectivity index (χ0n) is 7.68. The first-order chi connectivity index (χ1) is 6.79. The van der Waals surface area contributed by atoms with E-state index in [1.165, 1.54) is 0 Å². The van der Waals surface area contributed by atoms with Gasteiger partial charge in [0, 0.05) is 18.4 Å². The lowest BCUT2D eigenvalue weighted by molar-refractivity contribution is -0.118. The van der Waals surface area contributed by atoms with Crippen LogP contribution in [0.4, 0.5) is 0 Å². The van der Waals surface area contributed by atoms with E-state index >= 15 is 0 Å². The van der Waals surface area contributed by atoms with E-state index < -0.39 is 0 Å². The lowest BCUT2D eigenvalue weighted by Gasteiger charge is -1.98. The third kappa shape index (κ3) is 5.14. The Morgan fingerprint density at radius 2 is 2.36 bits per heavy atom. The number of primary amides is 1. The lowest BCUT2D eigenvalue weighted by atomic mass is 10.3. The molecule has 3 nitrogen and oxygen atoms in total. The molecule has 0 unspecified atom stereocenters. The summed E-state index contributed by atoms with van der Waals surface area (Å²) in [5.74, 6) is 0.693. The van der Waals surface area contributed by atoms with Crippen molar-refractivity contribution in [2.75, 3.05) is 5.75 Å². The number of nitrogens with zero attached hydrogens (tertiary/aromatic N) is 1. The van der Waals surface area contributed by atoms with Crippen LogP contribution >= 0.6 is 21.6 Å². The van der Waals surface area contributed by atoms with Gasteiger partial charge in [-0.2, -0.15) is 0 Å². The van der Waals surface area contributed by atoms with Crippen molar-refractivity contribution >= 4 is 27.5 Å². The highest BCUT2D eigenvalue weighted by Crippen LogP contribution is 2.29. The molecule has 0 aliphatic heterocycles. The minimum absolute atomic E-state index is 0.228. The van der Waals surface area contributed by atoms with Gasteiger partial charge in [-0.25, -0.2) is 4.98 Å². The molecule has 1 aromatic rings. The van der Waals surface area contributed by atoms with Gasteiger partial charge in [-0.05, 0) is 29.3 Å². The van der Waals surface area contributed by atoms with Crippen LogP contribution < -0.4 is 5.73 Å². The second-order valence-corrected chi connectivity index (χ2v) is 5.08. The van der Waals surface area contributed by atoms with Crippen molar-refractivity contribution in [1.29, 1.82) is 0 Å². The summed E-state index contributed by atoms with van der Waals surface area (Å²) in [5, 5.41) is 0.997. The molecule has 0 aromatic carbocycles. The lowest BCUT2D eigenvalue weighted by Crippen LogP contribution is -2.09. The zero-order chi connectivity index (χ0) is 10.2. The van der Waals surface area contributed by atoms with E-state index in [9.17, 15) is 4.79 Å². The minimum Gasteiger partial charge on any atom is -0.370 e. The first-order valence-electron chi connectivity index (χ1n) is 4.28. The average molecular weight is 228 g/mol. The number of pyridine rings is 1. The second-order valence-electron chi connectivity index (χ2n) is 2.64. The number of rotatable bonds is 6. The first kappa shape index (κ1) is 11.4. The Morgan fingerprint density at radius 1 is 1.50 bits per heavy atom. The standard InChI is InChI=1S/C9H12N2OS2/c10-8(12)4-3-7-13-14-9-5-1-2-6-11-9/h1-2,5-6H,3-4,7H2,(H2,10,12). The fraction of sp³-hybridized carbons (Fsp3) is 0.333. The molecule has 0 radical (unpaired) electrons. The summed E-state index contributed by atoms with van der Waals surface area (Å²) in [6.07, 6.45) is 3.07. The van der Waals surface area contributed by atoms with Gasteiger partial charge in [0.25, 0.3) is 0 Å². The molecule has 1 aromatic heterocycles. The molecule has 0 saturated heterocycles. The number of hydrogen-bond donors (Lipinski definition) is 1. The molecule has 0 atom stereocenters. The molecular formula is C9H12N2OS2. The Kier molecular flexibility index (Phi) is 5.47. The monoisotopic (exact) mass is 228 g/mol. The Balaban J connectivity index is 2.08. The summed E-state index contributed by atoms with van der Waals surface area (Å²) >= 11 is 0. The fourth-order valence-corrected chi connectivity index (χ4v) is 2.77. The summed E-state index contributed by atoms with van der Waals surface area (Å²) in [6.45, 7) is 0. The van der Waals surface area contributed by atoms with Gasteiger partial charge in [0.1, 0.15) is 5.03 Å². The third-order valence-electron chi connectivity index (χ3n) is 1.43. The van der Waals surface area contributed by atoms with Gasteiger partial charge in [-0.15, -0.1) is 0 Å². The van der Waals surface area contributed by atoms with Crippen LogP contribution in [0.15, 0.2) is 29.4 Å². The molecule has 0 spiro atoms. The molecule has 1 rings (SSSR count). The van der Waals surface area contributed by atoms with E-state index in [4.69, 9.17) is 5.73 Å². The van der Waals surface area contributed by atoms with Crippen LogP contribution in [-0.4, -0.2) is 16.6 Å². The van der Waals surface area contributed by atoms with Gasteiger partial charge in [-0.1, -0.05) is 16.9 Å². The van der Waals surface area contributed by atoms with Crippen molar-refractivity contribution in [3.63, 3.8) is 0 Å². The molecule has 0 aliphatic rings. The number of amides is 1.